The third-order valence-electron chi connectivity index (χ3n) is 3.63. The van der Waals surface area contributed by atoms with Gasteiger partial charge < -0.3 is 21.0 Å². The maximum atomic E-state index is 8.56. The lowest BCUT2D eigenvalue weighted by Gasteiger charge is -2.25. The van der Waals surface area contributed by atoms with Crippen molar-refractivity contribution in [3.05, 3.63) is 0 Å². The van der Waals surface area contributed by atoms with Crippen molar-refractivity contribution in [3.8, 4) is 0 Å². The second-order valence-corrected chi connectivity index (χ2v) is 4.78. The normalized spacial score (nSPS) is 35.6. The van der Waals surface area contributed by atoms with Gasteiger partial charge in [-0.25, -0.2) is 0 Å². The molecule has 2 aliphatic heterocycles. The van der Waals surface area contributed by atoms with Crippen molar-refractivity contribution in [2.45, 2.75) is 63.3 Å². The first kappa shape index (κ1) is 11.7. The highest BCUT2D eigenvalue weighted by molar-refractivity contribution is 5.80. The Hall–Kier alpha value is -0.810. The van der Waals surface area contributed by atoms with Gasteiger partial charge in [0.25, 0.3) is 0 Å². The van der Waals surface area contributed by atoms with E-state index in [0.29, 0.717) is 30.5 Å². The van der Waals surface area contributed by atoms with Crippen LogP contribution in [-0.4, -0.2) is 35.3 Å². The Morgan fingerprint density at radius 1 is 1.62 bits per heavy atom. The molecule has 2 bridgehead atoms. The zero-order valence-corrected chi connectivity index (χ0v) is 9.72. The van der Waals surface area contributed by atoms with Crippen LogP contribution in [-0.2, 0) is 4.74 Å². The smallest absolute Gasteiger partial charge is 0.140 e. The van der Waals surface area contributed by atoms with Crippen LogP contribution in [0.4, 0.5) is 0 Å². The largest absolute Gasteiger partial charge is 0.409 e. The lowest BCUT2D eigenvalue weighted by Crippen LogP contribution is -2.45. The molecule has 0 aromatic carbocycles. The topological polar surface area (TPSA) is 79.9 Å². The predicted octanol–water partition coefficient (Wildman–Crippen LogP) is 0.811. The molecule has 0 aromatic rings. The summed E-state index contributed by atoms with van der Waals surface area (Å²) in [5.74, 6) is 0.295. The highest BCUT2D eigenvalue weighted by Crippen LogP contribution is 2.34. The van der Waals surface area contributed by atoms with Crippen molar-refractivity contribution in [3.63, 3.8) is 0 Å². The molecule has 2 fully saturated rings. The van der Waals surface area contributed by atoms with Gasteiger partial charge in [0.15, 0.2) is 0 Å². The molecule has 0 saturated carbocycles. The van der Waals surface area contributed by atoms with Crippen molar-refractivity contribution in [1.82, 2.24) is 5.32 Å². The number of nitrogens with two attached hydrogens (primary N) is 1. The molecule has 4 unspecified atom stereocenters. The molecule has 4 atom stereocenters. The van der Waals surface area contributed by atoms with E-state index >= 15 is 0 Å². The van der Waals surface area contributed by atoms with E-state index in [4.69, 9.17) is 15.7 Å². The van der Waals surface area contributed by atoms with E-state index in [1.807, 2.05) is 0 Å². The number of oxime groups is 1. The first-order valence-electron chi connectivity index (χ1n) is 6.10. The number of fused-ring (bicyclic) bond motifs is 2. The number of nitrogens with zero attached hydrogens (tertiary/aromatic N) is 1. The van der Waals surface area contributed by atoms with Crippen LogP contribution in [0, 0.1) is 0 Å². The standard InChI is InChI=1S/C11H21N3O2/c1-2-7(5-11(12)14-15)13-9-6-8-3-4-10(9)16-8/h7-10,13,15H,2-6H2,1H3,(H2,12,14). The Balaban J connectivity index is 1.82. The van der Waals surface area contributed by atoms with Crippen LogP contribution in [0.3, 0.4) is 0 Å². The monoisotopic (exact) mass is 227 g/mol. The number of hydrogen-bond acceptors (Lipinski definition) is 4. The van der Waals surface area contributed by atoms with Crippen molar-refractivity contribution in [1.29, 1.82) is 0 Å². The van der Waals surface area contributed by atoms with E-state index in [1.165, 1.54) is 12.8 Å². The van der Waals surface area contributed by atoms with E-state index in [9.17, 15) is 0 Å². The molecule has 0 spiro atoms. The van der Waals surface area contributed by atoms with Crippen LogP contribution < -0.4 is 11.1 Å². The van der Waals surface area contributed by atoms with Gasteiger partial charge in [0.1, 0.15) is 5.84 Å². The highest BCUT2D eigenvalue weighted by Gasteiger charge is 2.41. The fraction of sp³-hybridized carbons (Fsp3) is 0.909. The van der Waals surface area contributed by atoms with E-state index in [2.05, 4.69) is 17.4 Å². The van der Waals surface area contributed by atoms with Crippen LogP contribution in [0.5, 0.6) is 0 Å². The highest BCUT2D eigenvalue weighted by atomic mass is 16.5. The number of amidine groups is 1. The molecular weight excluding hydrogens is 206 g/mol. The molecule has 2 rings (SSSR count). The summed E-state index contributed by atoms with van der Waals surface area (Å²) in [6, 6.07) is 0.735. The van der Waals surface area contributed by atoms with Crippen LogP contribution in [0.1, 0.15) is 39.0 Å². The lowest BCUT2D eigenvalue weighted by molar-refractivity contribution is 0.0960. The number of rotatable bonds is 5. The summed E-state index contributed by atoms with van der Waals surface area (Å²) in [5.41, 5.74) is 5.53. The van der Waals surface area contributed by atoms with Gasteiger partial charge >= 0.3 is 0 Å². The van der Waals surface area contributed by atoms with Crippen molar-refractivity contribution >= 4 is 5.84 Å². The van der Waals surface area contributed by atoms with Crippen molar-refractivity contribution in [2.24, 2.45) is 10.9 Å². The van der Waals surface area contributed by atoms with Crippen LogP contribution in [0.15, 0.2) is 5.16 Å². The third kappa shape index (κ3) is 2.47. The zero-order valence-electron chi connectivity index (χ0n) is 9.72. The molecule has 2 aliphatic rings. The van der Waals surface area contributed by atoms with E-state index in [1.54, 1.807) is 0 Å². The lowest BCUT2D eigenvalue weighted by atomic mass is 9.94. The first-order chi connectivity index (χ1) is 7.72. The summed E-state index contributed by atoms with van der Waals surface area (Å²) in [6.45, 7) is 2.11. The Kier molecular flexibility index (Phi) is 3.66. The summed E-state index contributed by atoms with van der Waals surface area (Å²) in [5, 5.41) is 15.1. The molecule has 92 valence electrons. The van der Waals surface area contributed by atoms with Gasteiger partial charge in [-0.3, -0.25) is 0 Å². The SMILES string of the molecule is CCC(CC(N)=NO)NC1CC2CCC1O2. The Labute approximate surface area is 96.0 Å². The van der Waals surface area contributed by atoms with Gasteiger partial charge in [-0.15, -0.1) is 0 Å². The predicted molar refractivity (Wildman–Crippen MR) is 61.5 cm³/mol. The summed E-state index contributed by atoms with van der Waals surface area (Å²) in [6.07, 6.45) is 5.90. The molecule has 5 heteroatoms. The van der Waals surface area contributed by atoms with Gasteiger partial charge in [-0.1, -0.05) is 12.1 Å². The van der Waals surface area contributed by atoms with E-state index in [0.717, 1.165) is 12.8 Å². The molecule has 4 N–H and O–H groups in total. The van der Waals surface area contributed by atoms with Gasteiger partial charge in [-0.05, 0) is 25.7 Å². The van der Waals surface area contributed by atoms with E-state index < -0.39 is 0 Å². The summed E-state index contributed by atoms with van der Waals surface area (Å²) < 4.78 is 5.79. The van der Waals surface area contributed by atoms with Gasteiger partial charge in [0.2, 0.25) is 0 Å². The average Bonchev–Trinajstić information content (AvgIpc) is 2.89. The minimum Gasteiger partial charge on any atom is -0.409 e. The summed E-state index contributed by atoms with van der Waals surface area (Å²) in [4.78, 5) is 0. The van der Waals surface area contributed by atoms with Gasteiger partial charge in [-0.2, -0.15) is 0 Å². The minimum atomic E-state index is 0.281. The molecule has 2 saturated heterocycles. The molecule has 0 aromatic heterocycles. The molecule has 0 amide bonds. The molecule has 5 nitrogen and oxygen atoms in total. The number of nitrogens with one attached hydrogen (secondary N) is 1. The minimum absolute atomic E-state index is 0.281. The average molecular weight is 227 g/mol. The first-order valence-corrected chi connectivity index (χ1v) is 6.10. The number of ether oxygens (including phenoxy) is 1. The third-order valence-corrected chi connectivity index (χ3v) is 3.63. The molecule has 0 aliphatic carbocycles. The Morgan fingerprint density at radius 2 is 2.44 bits per heavy atom. The molecular formula is C11H21N3O2. The van der Waals surface area contributed by atoms with Crippen LogP contribution >= 0.6 is 0 Å². The summed E-state index contributed by atoms with van der Waals surface area (Å²) >= 11 is 0. The fourth-order valence-corrected chi connectivity index (χ4v) is 2.73. The van der Waals surface area contributed by atoms with Crippen LogP contribution in [0.25, 0.3) is 0 Å². The maximum absolute atomic E-state index is 8.56. The second kappa shape index (κ2) is 5.01. The molecule has 16 heavy (non-hydrogen) atoms. The van der Waals surface area contributed by atoms with Crippen molar-refractivity contribution < 1.29 is 9.94 Å². The van der Waals surface area contributed by atoms with Crippen LogP contribution in [0.2, 0.25) is 0 Å². The van der Waals surface area contributed by atoms with Gasteiger partial charge in [0, 0.05) is 18.5 Å². The molecule has 0 radical (unpaired) electrons. The summed E-state index contributed by atoms with van der Waals surface area (Å²) in [7, 11) is 0. The maximum Gasteiger partial charge on any atom is 0.140 e. The fourth-order valence-electron chi connectivity index (χ4n) is 2.73. The second-order valence-electron chi connectivity index (χ2n) is 4.78. The van der Waals surface area contributed by atoms with E-state index in [-0.39, 0.29) is 6.04 Å². The van der Waals surface area contributed by atoms with Gasteiger partial charge in [0.05, 0.1) is 12.2 Å². The number of hydrogen-bond donors (Lipinski definition) is 3. The van der Waals surface area contributed by atoms with Crippen molar-refractivity contribution in [2.75, 3.05) is 0 Å². The quantitative estimate of drug-likeness (QED) is 0.281. The Morgan fingerprint density at radius 3 is 2.94 bits per heavy atom. The Bertz CT molecular complexity index is 270. The zero-order chi connectivity index (χ0) is 11.5. The molecule has 2 heterocycles.